The predicted octanol–water partition coefficient (Wildman–Crippen LogP) is 4.86. The molecule has 0 saturated carbocycles. The second kappa shape index (κ2) is 9.52. The normalized spacial score (nSPS) is 11.8. The van der Waals surface area contributed by atoms with E-state index >= 15 is 0 Å². The molecule has 0 amide bonds. The zero-order valence-corrected chi connectivity index (χ0v) is 19.4. The molecular formula is C25H30O2PSi+. The van der Waals surface area contributed by atoms with Gasteiger partial charge in [0.2, 0.25) is 0 Å². The average molecular weight is 422 g/mol. The fourth-order valence-corrected chi connectivity index (χ4v) is 8.16. The van der Waals surface area contributed by atoms with E-state index in [0.717, 1.165) is 6.04 Å². The summed E-state index contributed by atoms with van der Waals surface area (Å²) >= 11 is 0. The average Bonchev–Trinajstić information content (AvgIpc) is 2.73. The monoisotopic (exact) mass is 421 g/mol. The molecule has 0 fully saturated rings. The van der Waals surface area contributed by atoms with Gasteiger partial charge in [-0.15, -0.1) is 0 Å². The molecule has 0 aromatic heterocycles. The van der Waals surface area contributed by atoms with E-state index < -0.39 is 15.3 Å². The first-order valence-electron chi connectivity index (χ1n) is 10.1. The molecule has 0 aliphatic rings. The molecule has 3 rings (SSSR count). The van der Waals surface area contributed by atoms with Crippen molar-refractivity contribution < 1.29 is 9.53 Å². The van der Waals surface area contributed by atoms with E-state index in [-0.39, 0.29) is 5.97 Å². The van der Waals surface area contributed by atoms with Gasteiger partial charge in [-0.05, 0) is 42.4 Å². The maximum absolute atomic E-state index is 13.1. The first-order valence-corrected chi connectivity index (χ1v) is 15.8. The Hall–Kier alpha value is -2.22. The summed E-state index contributed by atoms with van der Waals surface area (Å²) in [5.74, 6) is -0.104. The number of ether oxygens (including phenoxy) is 1. The van der Waals surface area contributed by atoms with E-state index in [1.165, 1.54) is 15.9 Å². The minimum Gasteiger partial charge on any atom is -0.463 e. The van der Waals surface area contributed by atoms with E-state index in [1.54, 1.807) is 0 Å². The van der Waals surface area contributed by atoms with Gasteiger partial charge >= 0.3 is 5.97 Å². The predicted molar refractivity (Wildman–Crippen MR) is 129 cm³/mol. The first-order chi connectivity index (χ1) is 13.9. The van der Waals surface area contributed by atoms with Gasteiger partial charge < -0.3 is 4.74 Å². The molecule has 0 atom stereocenters. The fraction of sp³-hybridized carbons (Fsp3) is 0.240. The van der Waals surface area contributed by atoms with Crippen LogP contribution in [0.2, 0.25) is 25.7 Å². The lowest BCUT2D eigenvalue weighted by Gasteiger charge is -2.27. The Morgan fingerprint density at radius 3 is 1.45 bits per heavy atom. The van der Waals surface area contributed by atoms with Gasteiger partial charge in [0.15, 0.2) is 6.16 Å². The van der Waals surface area contributed by atoms with Crippen molar-refractivity contribution in [3.05, 3.63) is 91.0 Å². The summed E-state index contributed by atoms with van der Waals surface area (Å²) in [4.78, 5) is 13.1. The summed E-state index contributed by atoms with van der Waals surface area (Å²) in [6.45, 7) is 7.43. The third-order valence-corrected chi connectivity index (χ3v) is 11.0. The standard InChI is InChI=1S/C25H30O2PSi/c1-29(2,3)20-19-27-25(26)21-28(22-13-7-4-8-14-22,23-15-9-5-10-16-23)24-17-11-6-12-18-24/h4-18H,19-21H2,1-3H3/q+1. The van der Waals surface area contributed by atoms with Gasteiger partial charge in [0.25, 0.3) is 0 Å². The number of hydrogen-bond donors (Lipinski definition) is 0. The van der Waals surface area contributed by atoms with Crippen LogP contribution in [0.4, 0.5) is 0 Å². The number of rotatable bonds is 8. The van der Waals surface area contributed by atoms with Gasteiger partial charge in [0, 0.05) is 8.07 Å². The van der Waals surface area contributed by atoms with Crippen molar-refractivity contribution in [2.75, 3.05) is 12.8 Å². The molecule has 0 aliphatic carbocycles. The van der Waals surface area contributed by atoms with Gasteiger partial charge in [0.05, 0.1) is 6.61 Å². The van der Waals surface area contributed by atoms with Crippen LogP contribution in [0.15, 0.2) is 91.0 Å². The molecule has 0 aliphatic heterocycles. The van der Waals surface area contributed by atoms with Crippen LogP contribution in [0, 0.1) is 0 Å². The Morgan fingerprint density at radius 2 is 1.10 bits per heavy atom. The van der Waals surface area contributed by atoms with E-state index in [4.69, 9.17) is 4.74 Å². The Kier molecular flexibility index (Phi) is 7.05. The number of carbonyl (C=O) groups excluding carboxylic acids is 1. The van der Waals surface area contributed by atoms with Crippen molar-refractivity contribution in [3.63, 3.8) is 0 Å². The van der Waals surface area contributed by atoms with Crippen LogP contribution in [-0.4, -0.2) is 26.8 Å². The lowest BCUT2D eigenvalue weighted by atomic mass is 10.4. The third kappa shape index (κ3) is 5.44. The van der Waals surface area contributed by atoms with E-state index in [2.05, 4.69) is 92.4 Å². The maximum atomic E-state index is 13.1. The second-order valence-corrected chi connectivity index (χ2v) is 17.6. The molecule has 0 saturated heterocycles. The van der Waals surface area contributed by atoms with E-state index in [9.17, 15) is 4.79 Å². The van der Waals surface area contributed by atoms with Gasteiger partial charge in [-0.25, -0.2) is 4.79 Å². The zero-order chi connectivity index (χ0) is 20.7. The van der Waals surface area contributed by atoms with Gasteiger partial charge in [-0.3, -0.25) is 0 Å². The molecular weight excluding hydrogens is 391 g/mol. The molecule has 3 aromatic rings. The topological polar surface area (TPSA) is 26.3 Å². The van der Waals surface area contributed by atoms with Crippen LogP contribution < -0.4 is 15.9 Å². The molecule has 3 aromatic carbocycles. The highest BCUT2D eigenvalue weighted by molar-refractivity contribution is 7.96. The highest BCUT2D eigenvalue weighted by Gasteiger charge is 2.47. The number of hydrogen-bond acceptors (Lipinski definition) is 2. The second-order valence-electron chi connectivity index (χ2n) is 8.51. The molecule has 29 heavy (non-hydrogen) atoms. The molecule has 0 N–H and O–H groups in total. The number of esters is 1. The zero-order valence-electron chi connectivity index (χ0n) is 17.5. The molecule has 0 radical (unpaired) electrons. The SMILES string of the molecule is C[Si](C)(C)CCOC(=O)C[P+](c1ccccc1)(c1ccccc1)c1ccccc1. The molecule has 0 spiro atoms. The van der Waals surface area contributed by atoms with Crippen molar-refractivity contribution in [2.24, 2.45) is 0 Å². The van der Waals surface area contributed by atoms with E-state index in [0.29, 0.717) is 12.8 Å². The van der Waals surface area contributed by atoms with Crippen LogP contribution >= 0.6 is 7.26 Å². The highest BCUT2D eigenvalue weighted by Crippen LogP contribution is 2.55. The fourth-order valence-electron chi connectivity index (χ4n) is 3.48. The van der Waals surface area contributed by atoms with Crippen molar-refractivity contribution >= 4 is 37.2 Å². The smallest absolute Gasteiger partial charge is 0.345 e. The van der Waals surface area contributed by atoms with Crippen molar-refractivity contribution in [3.8, 4) is 0 Å². The van der Waals surface area contributed by atoms with E-state index in [1.807, 2.05) is 18.2 Å². The summed E-state index contributed by atoms with van der Waals surface area (Å²) in [5.41, 5.74) is 0. The van der Waals surface area contributed by atoms with Crippen molar-refractivity contribution in [2.45, 2.75) is 25.7 Å². The van der Waals surface area contributed by atoms with Gasteiger partial charge in [-0.2, -0.15) is 0 Å². The number of benzene rings is 3. The molecule has 0 heterocycles. The largest absolute Gasteiger partial charge is 0.463 e. The minimum absolute atomic E-state index is 0.104. The summed E-state index contributed by atoms with van der Waals surface area (Å²) in [7, 11) is -3.40. The minimum atomic E-state index is -2.15. The Morgan fingerprint density at radius 1 is 0.724 bits per heavy atom. The van der Waals surface area contributed by atoms with Crippen molar-refractivity contribution in [1.82, 2.24) is 0 Å². The van der Waals surface area contributed by atoms with Gasteiger partial charge in [-0.1, -0.05) is 74.2 Å². The maximum Gasteiger partial charge on any atom is 0.345 e. The summed E-state index contributed by atoms with van der Waals surface area (Å²) in [5, 5.41) is 3.62. The van der Waals surface area contributed by atoms with Gasteiger partial charge in [0.1, 0.15) is 23.2 Å². The Labute approximate surface area is 176 Å². The summed E-state index contributed by atoms with van der Waals surface area (Å²) in [6, 6.07) is 32.4. The van der Waals surface area contributed by atoms with Crippen LogP contribution in [-0.2, 0) is 9.53 Å². The highest BCUT2D eigenvalue weighted by atomic mass is 31.2. The van der Waals surface area contributed by atoms with Crippen LogP contribution in [0.25, 0.3) is 0 Å². The summed E-state index contributed by atoms with van der Waals surface area (Å²) in [6.07, 6.45) is 0.386. The van der Waals surface area contributed by atoms with Crippen molar-refractivity contribution in [1.29, 1.82) is 0 Å². The number of carbonyl (C=O) groups is 1. The van der Waals surface area contributed by atoms with Crippen LogP contribution in [0.1, 0.15) is 0 Å². The Balaban J connectivity index is 2.04. The molecule has 2 nitrogen and oxygen atoms in total. The molecule has 150 valence electrons. The van der Waals surface area contributed by atoms with Crippen LogP contribution in [0.5, 0.6) is 0 Å². The third-order valence-electron chi connectivity index (χ3n) is 5.07. The first kappa shape index (κ1) is 21.5. The quantitative estimate of drug-likeness (QED) is 0.295. The molecule has 0 bridgehead atoms. The molecule has 0 unspecified atom stereocenters. The molecule has 4 heteroatoms. The lowest BCUT2D eigenvalue weighted by Crippen LogP contribution is -2.36. The summed E-state index contributed by atoms with van der Waals surface area (Å²) < 4.78 is 5.76. The Bertz CT molecular complexity index is 809. The lowest BCUT2D eigenvalue weighted by molar-refractivity contribution is -0.139. The van der Waals surface area contributed by atoms with Crippen LogP contribution in [0.3, 0.4) is 0 Å².